The van der Waals surface area contributed by atoms with Crippen LogP contribution in [0, 0.1) is 0 Å². The van der Waals surface area contributed by atoms with Crippen molar-refractivity contribution in [3.8, 4) is 0 Å². The van der Waals surface area contributed by atoms with Gasteiger partial charge in [-0.15, -0.1) is 0 Å². The lowest BCUT2D eigenvalue weighted by Gasteiger charge is -2.14. The molecule has 3 heteroatoms. The molecule has 0 spiro atoms. The number of hydrogen-bond acceptors (Lipinski definition) is 3. The van der Waals surface area contributed by atoms with E-state index in [-0.39, 0.29) is 12.4 Å². The van der Waals surface area contributed by atoms with Crippen LogP contribution in [0.1, 0.15) is 13.3 Å². The normalized spacial score (nSPS) is 20.6. The Kier molecular flexibility index (Phi) is 3.54. The summed E-state index contributed by atoms with van der Waals surface area (Å²) in [5.41, 5.74) is 0. The van der Waals surface area contributed by atoms with Crippen molar-refractivity contribution in [2.24, 2.45) is 0 Å². The zero-order valence-electron chi connectivity index (χ0n) is 7.03. The van der Waals surface area contributed by atoms with Gasteiger partial charge in [-0.25, -0.2) is 0 Å². The number of carbonyl (C=O) groups excluding carboxylic acids is 1. The summed E-state index contributed by atoms with van der Waals surface area (Å²) < 4.78 is 10.2. The molecular formula is C9H12O3. The molecule has 0 N–H and O–H groups in total. The summed E-state index contributed by atoms with van der Waals surface area (Å²) in [4.78, 5) is 10.8. The molecule has 0 saturated carbocycles. The maximum atomic E-state index is 10.8. The smallest absolute Gasteiger partial charge is 0.219 e. The van der Waals surface area contributed by atoms with Crippen LogP contribution >= 0.6 is 0 Å². The molecule has 1 aliphatic rings. The summed E-state index contributed by atoms with van der Waals surface area (Å²) in [7, 11) is 0. The summed E-state index contributed by atoms with van der Waals surface area (Å²) >= 11 is 0. The lowest BCUT2D eigenvalue weighted by atomic mass is 10.3. The van der Waals surface area contributed by atoms with Crippen molar-refractivity contribution in [1.29, 1.82) is 0 Å². The van der Waals surface area contributed by atoms with Crippen molar-refractivity contribution in [1.82, 2.24) is 0 Å². The zero-order valence-corrected chi connectivity index (χ0v) is 7.03. The van der Waals surface area contributed by atoms with Crippen molar-refractivity contribution in [2.75, 3.05) is 6.61 Å². The third kappa shape index (κ3) is 2.88. The van der Waals surface area contributed by atoms with Gasteiger partial charge in [0.15, 0.2) is 5.78 Å². The summed E-state index contributed by atoms with van der Waals surface area (Å²) in [6.45, 7) is 1.93. The zero-order chi connectivity index (χ0) is 8.81. The monoisotopic (exact) mass is 168 g/mol. The third-order valence-electron chi connectivity index (χ3n) is 1.47. The summed E-state index contributed by atoms with van der Waals surface area (Å²) in [5.74, 6) is 0.0848. The molecule has 66 valence electrons. The second kappa shape index (κ2) is 4.72. The summed E-state index contributed by atoms with van der Waals surface area (Å²) in [6, 6.07) is 0. The third-order valence-corrected chi connectivity index (χ3v) is 1.47. The van der Waals surface area contributed by atoms with Gasteiger partial charge in [-0.2, -0.15) is 0 Å². The quantitative estimate of drug-likeness (QED) is 0.636. The van der Waals surface area contributed by atoms with Crippen LogP contribution < -0.4 is 0 Å². The lowest BCUT2D eigenvalue weighted by molar-refractivity contribution is -0.133. The van der Waals surface area contributed by atoms with E-state index in [2.05, 4.69) is 0 Å². The fourth-order valence-electron chi connectivity index (χ4n) is 0.740. The first-order valence-corrected chi connectivity index (χ1v) is 3.95. The van der Waals surface area contributed by atoms with E-state index in [0.717, 1.165) is 0 Å². The average molecular weight is 168 g/mol. The van der Waals surface area contributed by atoms with Gasteiger partial charge in [-0.05, 0) is 12.2 Å². The molecule has 0 radical (unpaired) electrons. The number of carbonyl (C=O) groups is 1. The van der Waals surface area contributed by atoms with Crippen LogP contribution in [0.4, 0.5) is 0 Å². The first-order chi connectivity index (χ1) is 5.83. The Bertz CT molecular complexity index is 206. The standard InChI is InChI=1S/C9H12O3/c1-2-8(10)7-12-9-5-3-4-6-11-9/h3-6,9H,2,7H2,1H3/t9-/m0/s1. The molecule has 1 aliphatic heterocycles. The van der Waals surface area contributed by atoms with Crippen molar-refractivity contribution < 1.29 is 14.3 Å². The second-order valence-electron chi connectivity index (χ2n) is 2.42. The molecule has 0 aliphatic carbocycles. The minimum Gasteiger partial charge on any atom is -0.469 e. The van der Waals surface area contributed by atoms with Crippen LogP contribution in [0.25, 0.3) is 0 Å². The van der Waals surface area contributed by atoms with Crippen LogP contribution in [-0.4, -0.2) is 18.7 Å². The number of allylic oxidation sites excluding steroid dienone is 2. The molecule has 0 aromatic rings. The molecule has 1 atom stereocenters. The Morgan fingerprint density at radius 3 is 3.00 bits per heavy atom. The maximum Gasteiger partial charge on any atom is 0.219 e. The van der Waals surface area contributed by atoms with Crippen molar-refractivity contribution in [3.63, 3.8) is 0 Å². The fraction of sp³-hybridized carbons (Fsp3) is 0.444. The van der Waals surface area contributed by atoms with E-state index in [9.17, 15) is 4.79 Å². The molecule has 3 nitrogen and oxygen atoms in total. The van der Waals surface area contributed by atoms with E-state index >= 15 is 0 Å². The molecule has 0 aromatic heterocycles. The molecule has 0 amide bonds. The molecule has 1 heterocycles. The maximum absolute atomic E-state index is 10.8. The first-order valence-electron chi connectivity index (χ1n) is 3.95. The molecular weight excluding hydrogens is 156 g/mol. The molecule has 0 aromatic carbocycles. The molecule has 0 bridgehead atoms. The minimum absolute atomic E-state index is 0.0848. The van der Waals surface area contributed by atoms with E-state index in [4.69, 9.17) is 9.47 Å². The highest BCUT2D eigenvalue weighted by atomic mass is 16.7. The minimum atomic E-state index is -0.398. The van der Waals surface area contributed by atoms with Gasteiger partial charge in [-0.1, -0.05) is 13.0 Å². The molecule has 0 saturated heterocycles. The fourth-order valence-corrected chi connectivity index (χ4v) is 0.740. The lowest BCUT2D eigenvalue weighted by Crippen LogP contribution is -2.18. The van der Waals surface area contributed by atoms with Gasteiger partial charge < -0.3 is 9.47 Å². The van der Waals surface area contributed by atoms with E-state index in [1.807, 2.05) is 13.0 Å². The Morgan fingerprint density at radius 1 is 1.58 bits per heavy atom. The molecule has 12 heavy (non-hydrogen) atoms. The predicted octanol–water partition coefficient (Wildman–Crippen LogP) is 1.41. The van der Waals surface area contributed by atoms with Crippen molar-refractivity contribution in [3.05, 3.63) is 24.5 Å². The van der Waals surface area contributed by atoms with Crippen LogP contribution in [-0.2, 0) is 14.3 Å². The number of Topliss-reactive ketones (excluding diaryl/α,β-unsaturated/α-hetero) is 1. The number of ether oxygens (including phenoxy) is 2. The van der Waals surface area contributed by atoms with Gasteiger partial charge in [0.2, 0.25) is 6.29 Å². The van der Waals surface area contributed by atoms with Crippen LogP contribution in [0.3, 0.4) is 0 Å². The summed E-state index contributed by atoms with van der Waals surface area (Å²) in [6.07, 6.45) is 6.99. The molecule has 0 fully saturated rings. The largest absolute Gasteiger partial charge is 0.469 e. The summed E-state index contributed by atoms with van der Waals surface area (Å²) in [5, 5.41) is 0. The number of hydrogen-bond donors (Lipinski definition) is 0. The second-order valence-corrected chi connectivity index (χ2v) is 2.42. The van der Waals surface area contributed by atoms with E-state index in [0.29, 0.717) is 6.42 Å². The Balaban J connectivity index is 2.19. The van der Waals surface area contributed by atoms with Gasteiger partial charge in [0, 0.05) is 6.42 Å². The van der Waals surface area contributed by atoms with E-state index in [1.54, 1.807) is 18.4 Å². The van der Waals surface area contributed by atoms with E-state index < -0.39 is 6.29 Å². The first kappa shape index (κ1) is 9.00. The van der Waals surface area contributed by atoms with Crippen molar-refractivity contribution in [2.45, 2.75) is 19.6 Å². The van der Waals surface area contributed by atoms with Crippen LogP contribution in [0.2, 0.25) is 0 Å². The predicted molar refractivity (Wildman–Crippen MR) is 44.4 cm³/mol. The van der Waals surface area contributed by atoms with Gasteiger partial charge >= 0.3 is 0 Å². The highest BCUT2D eigenvalue weighted by Gasteiger charge is 2.07. The Hall–Kier alpha value is -1.09. The number of rotatable bonds is 4. The molecule has 0 unspecified atom stereocenters. The van der Waals surface area contributed by atoms with Crippen LogP contribution in [0.15, 0.2) is 24.5 Å². The average Bonchev–Trinajstić information content (AvgIpc) is 2.16. The van der Waals surface area contributed by atoms with Gasteiger partial charge in [0.1, 0.15) is 6.61 Å². The highest BCUT2D eigenvalue weighted by Crippen LogP contribution is 2.03. The Labute approximate surface area is 71.7 Å². The van der Waals surface area contributed by atoms with Crippen molar-refractivity contribution >= 4 is 5.78 Å². The number of ketones is 1. The van der Waals surface area contributed by atoms with Crippen LogP contribution in [0.5, 0.6) is 0 Å². The van der Waals surface area contributed by atoms with Gasteiger partial charge in [-0.3, -0.25) is 4.79 Å². The molecule has 1 rings (SSSR count). The Morgan fingerprint density at radius 2 is 2.42 bits per heavy atom. The van der Waals surface area contributed by atoms with Gasteiger partial charge in [0.25, 0.3) is 0 Å². The van der Waals surface area contributed by atoms with Gasteiger partial charge in [0.05, 0.1) is 6.26 Å². The topological polar surface area (TPSA) is 35.5 Å². The van der Waals surface area contributed by atoms with E-state index in [1.165, 1.54) is 0 Å². The highest BCUT2D eigenvalue weighted by molar-refractivity contribution is 5.79. The SMILES string of the molecule is CCC(=O)CO[C@H]1C=CC=CO1.